The molecule has 0 aliphatic heterocycles. The number of ether oxygens (including phenoxy) is 1. The molecule has 190 valence electrons. The zero-order chi connectivity index (χ0) is 26.1. The van der Waals surface area contributed by atoms with Crippen molar-refractivity contribution in [1.29, 1.82) is 5.26 Å². The van der Waals surface area contributed by atoms with E-state index in [9.17, 15) is 14.4 Å². The van der Waals surface area contributed by atoms with Gasteiger partial charge >= 0.3 is 6.09 Å². The Bertz CT molecular complexity index is 1260. The van der Waals surface area contributed by atoms with Gasteiger partial charge in [-0.1, -0.05) is 0 Å². The highest BCUT2D eigenvalue weighted by Gasteiger charge is 2.26. The summed E-state index contributed by atoms with van der Waals surface area (Å²) in [7, 11) is 1.54. The van der Waals surface area contributed by atoms with E-state index < -0.39 is 23.9 Å². The summed E-state index contributed by atoms with van der Waals surface area (Å²) >= 11 is 0. The highest BCUT2D eigenvalue weighted by Crippen LogP contribution is 2.30. The first-order chi connectivity index (χ1) is 17.3. The van der Waals surface area contributed by atoms with Gasteiger partial charge in [-0.2, -0.15) is 5.26 Å². The van der Waals surface area contributed by atoms with E-state index in [4.69, 9.17) is 19.5 Å². The highest BCUT2D eigenvalue weighted by atomic mass is 16.5. The van der Waals surface area contributed by atoms with Crippen LogP contribution in [0.1, 0.15) is 41.1 Å². The second kappa shape index (κ2) is 12.3. The Labute approximate surface area is 208 Å². The zero-order valence-electron chi connectivity index (χ0n) is 20.2. The summed E-state index contributed by atoms with van der Waals surface area (Å²) in [4.78, 5) is 36.9. The lowest BCUT2D eigenvalue weighted by atomic mass is 10.1. The maximum Gasteiger partial charge on any atom is 0.404 e. The third kappa shape index (κ3) is 6.35. The molecule has 2 heterocycles. The summed E-state index contributed by atoms with van der Waals surface area (Å²) in [6.45, 7) is 2.28. The number of aromatic nitrogens is 1. The molecule has 2 aromatic heterocycles. The molecule has 1 aromatic carbocycles. The predicted molar refractivity (Wildman–Crippen MR) is 131 cm³/mol. The molecule has 0 radical (unpaired) electrons. The molecule has 0 saturated heterocycles. The summed E-state index contributed by atoms with van der Waals surface area (Å²) in [5.41, 5.74) is 1.90. The number of nitriles is 1. The van der Waals surface area contributed by atoms with Crippen LogP contribution in [-0.2, 0) is 11.3 Å². The quantitative estimate of drug-likeness (QED) is 0.222. The lowest BCUT2D eigenvalue weighted by molar-refractivity contribution is -0.122. The molecule has 3 aromatic rings. The Kier molecular flexibility index (Phi) is 8.94. The van der Waals surface area contributed by atoms with Gasteiger partial charge in [0.15, 0.2) is 0 Å². The molecule has 3 rings (SSSR count). The van der Waals surface area contributed by atoms with Gasteiger partial charge in [0.25, 0.3) is 5.91 Å². The van der Waals surface area contributed by atoms with Crippen LogP contribution in [-0.4, -0.2) is 53.8 Å². The molecular weight excluding hydrogens is 466 g/mol. The molecule has 1 unspecified atom stereocenters. The van der Waals surface area contributed by atoms with Crippen LogP contribution < -0.4 is 20.7 Å². The van der Waals surface area contributed by atoms with Crippen molar-refractivity contribution in [3.05, 3.63) is 53.6 Å². The lowest BCUT2D eigenvalue weighted by Gasteiger charge is -2.18. The second-order valence-corrected chi connectivity index (χ2v) is 8.14. The van der Waals surface area contributed by atoms with E-state index in [1.54, 1.807) is 25.5 Å². The summed E-state index contributed by atoms with van der Waals surface area (Å²) in [5, 5.41) is 25.8. The Morgan fingerprint density at radius 1 is 1.22 bits per heavy atom. The summed E-state index contributed by atoms with van der Waals surface area (Å²) in [6, 6.07) is 10.1. The van der Waals surface area contributed by atoms with Crippen molar-refractivity contribution in [3.8, 4) is 11.8 Å². The molecule has 11 heteroatoms. The van der Waals surface area contributed by atoms with Crippen LogP contribution in [0.15, 0.2) is 41.0 Å². The number of nitrogens with zero attached hydrogens (tertiary/aromatic N) is 2. The molecule has 11 nitrogen and oxygen atoms in total. The highest BCUT2D eigenvalue weighted by molar-refractivity contribution is 6.09. The fourth-order valence-electron chi connectivity index (χ4n) is 4.05. The van der Waals surface area contributed by atoms with Crippen LogP contribution in [0.2, 0.25) is 0 Å². The minimum atomic E-state index is -1.12. The number of amides is 3. The average molecular weight is 496 g/mol. The van der Waals surface area contributed by atoms with Crippen molar-refractivity contribution in [2.75, 3.05) is 20.2 Å². The Balaban J connectivity index is 1.88. The molecule has 0 saturated carbocycles. The van der Waals surface area contributed by atoms with E-state index in [1.807, 2.05) is 35.8 Å². The minimum absolute atomic E-state index is 0.190. The van der Waals surface area contributed by atoms with Crippen LogP contribution >= 0.6 is 0 Å². The van der Waals surface area contributed by atoms with Gasteiger partial charge in [-0.25, -0.2) is 4.79 Å². The van der Waals surface area contributed by atoms with Crippen LogP contribution in [0.3, 0.4) is 0 Å². The molecule has 0 aliphatic rings. The fraction of sp³-hybridized carbons (Fsp3) is 0.360. The molecule has 0 spiro atoms. The smallest absolute Gasteiger partial charge is 0.404 e. The number of carbonyl (C=O) groups excluding carboxylic acids is 2. The van der Waals surface area contributed by atoms with Crippen LogP contribution in [0, 0.1) is 18.3 Å². The number of carboxylic acid groups (broad SMARTS) is 1. The molecule has 36 heavy (non-hydrogen) atoms. The van der Waals surface area contributed by atoms with Crippen molar-refractivity contribution in [2.45, 2.75) is 38.8 Å². The third-order valence-electron chi connectivity index (χ3n) is 5.81. The van der Waals surface area contributed by atoms with E-state index in [0.717, 1.165) is 11.3 Å². The van der Waals surface area contributed by atoms with Crippen LogP contribution in [0.4, 0.5) is 4.79 Å². The summed E-state index contributed by atoms with van der Waals surface area (Å²) in [6.07, 6.45) is 1.71. The third-order valence-corrected chi connectivity index (χ3v) is 5.81. The maximum atomic E-state index is 13.5. The number of benzene rings is 1. The van der Waals surface area contributed by atoms with E-state index in [2.05, 4.69) is 16.0 Å². The van der Waals surface area contributed by atoms with Gasteiger partial charge in [-0.05, 0) is 56.5 Å². The average Bonchev–Trinajstić information content (AvgIpc) is 3.47. The number of unbranched alkanes of at least 4 members (excludes halogenated alkanes) is 1. The number of hydrogen-bond acceptors (Lipinski definition) is 6. The Morgan fingerprint density at radius 2 is 2.03 bits per heavy atom. The molecule has 0 bridgehead atoms. The van der Waals surface area contributed by atoms with E-state index in [-0.39, 0.29) is 19.5 Å². The van der Waals surface area contributed by atoms with Crippen molar-refractivity contribution in [3.63, 3.8) is 0 Å². The molecule has 0 fully saturated rings. The first-order valence-corrected chi connectivity index (χ1v) is 11.5. The van der Waals surface area contributed by atoms with Gasteiger partial charge in [0.1, 0.15) is 24.1 Å². The number of nitrogens with one attached hydrogen (secondary N) is 3. The standard InChI is InChI=1S/C25H29N5O6/c1-16-22(19-14-17(35-2)8-9-21(19)30(16)15-18-6-5-13-36-18)24(32)29-20(23(31)27-12-10-26)7-3-4-11-28-25(33)34/h5-6,8-9,13-14,20,28H,3-4,7,11-12,15H2,1-2H3,(H,27,31)(H,29,32)(H,33,34). The number of carbonyl (C=O) groups is 3. The Hall–Kier alpha value is -4.46. The van der Waals surface area contributed by atoms with Crippen molar-refractivity contribution in [1.82, 2.24) is 20.5 Å². The van der Waals surface area contributed by atoms with Crippen LogP contribution in [0.25, 0.3) is 10.9 Å². The maximum absolute atomic E-state index is 13.5. The number of methoxy groups -OCH3 is 1. The number of hydrogen-bond donors (Lipinski definition) is 4. The number of furan rings is 1. The zero-order valence-corrected chi connectivity index (χ0v) is 20.2. The van der Waals surface area contributed by atoms with E-state index >= 15 is 0 Å². The number of fused-ring (bicyclic) bond motifs is 1. The van der Waals surface area contributed by atoms with Crippen molar-refractivity contribution < 1.29 is 28.6 Å². The number of rotatable bonds is 12. The largest absolute Gasteiger partial charge is 0.497 e. The normalized spacial score (nSPS) is 11.5. The van der Waals surface area contributed by atoms with Gasteiger partial charge in [0.05, 0.1) is 31.6 Å². The second-order valence-electron chi connectivity index (χ2n) is 8.14. The molecule has 0 aliphatic carbocycles. The summed E-state index contributed by atoms with van der Waals surface area (Å²) < 4.78 is 12.8. The van der Waals surface area contributed by atoms with Crippen molar-refractivity contribution in [2.24, 2.45) is 0 Å². The van der Waals surface area contributed by atoms with Gasteiger partial charge in [-0.15, -0.1) is 0 Å². The van der Waals surface area contributed by atoms with Gasteiger partial charge in [0.2, 0.25) is 5.91 Å². The van der Waals surface area contributed by atoms with E-state index in [1.165, 1.54) is 0 Å². The monoisotopic (exact) mass is 495 g/mol. The first kappa shape index (κ1) is 26.2. The SMILES string of the molecule is COc1ccc2c(c1)c(C(=O)NC(CCCCNC(=O)O)C(=O)NCC#N)c(C)n2Cc1ccco1. The van der Waals surface area contributed by atoms with Gasteiger partial charge < -0.3 is 34.8 Å². The molecule has 1 atom stereocenters. The molecule has 3 amide bonds. The molecule has 4 N–H and O–H groups in total. The topological polar surface area (TPSA) is 159 Å². The van der Waals surface area contributed by atoms with Crippen molar-refractivity contribution >= 4 is 28.8 Å². The Morgan fingerprint density at radius 3 is 2.69 bits per heavy atom. The molecular formula is C25H29N5O6. The predicted octanol–water partition coefficient (Wildman–Crippen LogP) is 2.78. The van der Waals surface area contributed by atoms with E-state index in [0.29, 0.717) is 41.8 Å². The van der Waals surface area contributed by atoms with Crippen LogP contribution in [0.5, 0.6) is 5.75 Å². The fourth-order valence-corrected chi connectivity index (χ4v) is 4.05. The van der Waals surface area contributed by atoms with Gasteiger partial charge in [-0.3, -0.25) is 9.59 Å². The summed E-state index contributed by atoms with van der Waals surface area (Å²) in [5.74, 6) is 0.387. The minimum Gasteiger partial charge on any atom is -0.497 e. The van der Waals surface area contributed by atoms with Gasteiger partial charge in [0, 0.05) is 23.1 Å². The lowest BCUT2D eigenvalue weighted by Crippen LogP contribution is -2.47. The first-order valence-electron chi connectivity index (χ1n) is 11.5.